The summed E-state index contributed by atoms with van der Waals surface area (Å²) >= 11 is 0. The van der Waals surface area contributed by atoms with Gasteiger partial charge in [-0.05, 0) is 50.6 Å². The molecule has 2 aliphatic heterocycles. The van der Waals surface area contributed by atoms with E-state index < -0.39 is 0 Å². The number of hydrogen-bond acceptors (Lipinski definition) is 3. The third kappa shape index (κ3) is 2.73. The summed E-state index contributed by atoms with van der Waals surface area (Å²) in [6.07, 6.45) is 8.52. The zero-order chi connectivity index (χ0) is 12.4. The second-order valence-electron chi connectivity index (χ2n) is 6.63. The molecule has 3 heteroatoms. The number of fused-ring (bicyclic) bond motifs is 1. The van der Waals surface area contributed by atoms with Gasteiger partial charge in [-0.25, -0.2) is 0 Å². The van der Waals surface area contributed by atoms with Gasteiger partial charge in [0, 0.05) is 32.2 Å². The van der Waals surface area contributed by atoms with E-state index in [4.69, 9.17) is 5.73 Å². The van der Waals surface area contributed by atoms with Crippen LogP contribution in [-0.2, 0) is 0 Å². The SMILES string of the molecule is NCC1CCCC1CN1CCN2CCCCC2C1. The van der Waals surface area contributed by atoms with Gasteiger partial charge < -0.3 is 10.6 Å². The average molecular weight is 251 g/mol. The van der Waals surface area contributed by atoms with Crippen molar-refractivity contribution in [1.29, 1.82) is 0 Å². The third-order valence-corrected chi connectivity index (χ3v) is 5.53. The Morgan fingerprint density at radius 2 is 1.78 bits per heavy atom. The average Bonchev–Trinajstić information content (AvgIpc) is 2.86. The second-order valence-corrected chi connectivity index (χ2v) is 6.63. The van der Waals surface area contributed by atoms with Crippen molar-refractivity contribution >= 4 is 0 Å². The lowest BCUT2D eigenvalue weighted by molar-refractivity contribution is 0.0389. The van der Waals surface area contributed by atoms with Gasteiger partial charge in [0.15, 0.2) is 0 Å². The van der Waals surface area contributed by atoms with E-state index >= 15 is 0 Å². The molecule has 104 valence electrons. The first-order chi connectivity index (χ1) is 8.86. The molecule has 3 aliphatic rings. The molecule has 0 radical (unpaired) electrons. The number of nitrogens with two attached hydrogens (primary N) is 1. The largest absolute Gasteiger partial charge is 0.330 e. The van der Waals surface area contributed by atoms with Crippen molar-refractivity contribution in [3.8, 4) is 0 Å². The Balaban J connectivity index is 1.51. The molecular weight excluding hydrogens is 222 g/mol. The minimum Gasteiger partial charge on any atom is -0.330 e. The molecule has 1 aliphatic carbocycles. The first kappa shape index (κ1) is 12.9. The Kier molecular flexibility index (Phi) is 4.22. The first-order valence-corrected chi connectivity index (χ1v) is 8.03. The van der Waals surface area contributed by atoms with E-state index in [9.17, 15) is 0 Å². The molecule has 3 nitrogen and oxygen atoms in total. The van der Waals surface area contributed by atoms with Crippen molar-refractivity contribution in [3.05, 3.63) is 0 Å². The van der Waals surface area contributed by atoms with Crippen molar-refractivity contribution in [2.75, 3.05) is 39.3 Å². The number of hydrogen-bond donors (Lipinski definition) is 1. The van der Waals surface area contributed by atoms with Crippen molar-refractivity contribution in [3.63, 3.8) is 0 Å². The number of piperazine rings is 1. The summed E-state index contributed by atoms with van der Waals surface area (Å²) < 4.78 is 0. The van der Waals surface area contributed by atoms with Gasteiger partial charge in [0.2, 0.25) is 0 Å². The number of nitrogens with zero attached hydrogens (tertiary/aromatic N) is 2. The summed E-state index contributed by atoms with van der Waals surface area (Å²) in [6, 6.07) is 0.866. The van der Waals surface area contributed by atoms with Crippen LogP contribution < -0.4 is 5.73 Å². The molecule has 3 unspecified atom stereocenters. The second kappa shape index (κ2) is 5.89. The van der Waals surface area contributed by atoms with Gasteiger partial charge in [-0.15, -0.1) is 0 Å². The standard InChI is InChI=1S/C15H29N3/c16-10-13-4-3-5-14(13)11-17-8-9-18-7-2-1-6-15(18)12-17/h13-15H,1-12,16H2. The Hall–Kier alpha value is -0.120. The smallest absolute Gasteiger partial charge is 0.0223 e. The van der Waals surface area contributed by atoms with Crippen molar-refractivity contribution in [1.82, 2.24) is 9.80 Å². The van der Waals surface area contributed by atoms with E-state index in [0.29, 0.717) is 0 Å². The maximum atomic E-state index is 5.91. The molecule has 3 atom stereocenters. The molecule has 0 aromatic rings. The summed E-state index contributed by atoms with van der Waals surface area (Å²) in [7, 11) is 0. The highest BCUT2D eigenvalue weighted by Crippen LogP contribution is 2.32. The van der Waals surface area contributed by atoms with Crippen molar-refractivity contribution < 1.29 is 0 Å². The normalized spacial score (nSPS) is 38.8. The van der Waals surface area contributed by atoms with Gasteiger partial charge >= 0.3 is 0 Å². The molecule has 0 amide bonds. The monoisotopic (exact) mass is 251 g/mol. The van der Waals surface area contributed by atoms with E-state index in [1.807, 2.05) is 0 Å². The highest BCUT2D eigenvalue weighted by Gasteiger charge is 2.32. The van der Waals surface area contributed by atoms with E-state index in [0.717, 1.165) is 24.4 Å². The number of piperidine rings is 1. The fourth-order valence-corrected chi connectivity index (χ4v) is 4.38. The zero-order valence-corrected chi connectivity index (χ0v) is 11.7. The van der Waals surface area contributed by atoms with Gasteiger partial charge in [0.25, 0.3) is 0 Å². The Morgan fingerprint density at radius 3 is 2.67 bits per heavy atom. The van der Waals surface area contributed by atoms with Crippen LogP contribution in [-0.4, -0.2) is 55.1 Å². The molecule has 0 spiro atoms. The highest BCUT2D eigenvalue weighted by atomic mass is 15.3. The van der Waals surface area contributed by atoms with Crippen LogP contribution in [0.4, 0.5) is 0 Å². The molecule has 2 N–H and O–H groups in total. The highest BCUT2D eigenvalue weighted by molar-refractivity contribution is 4.88. The molecule has 1 saturated carbocycles. The summed E-state index contributed by atoms with van der Waals surface area (Å²) in [5.74, 6) is 1.71. The van der Waals surface area contributed by atoms with Crippen LogP contribution >= 0.6 is 0 Å². The van der Waals surface area contributed by atoms with Gasteiger partial charge in [-0.2, -0.15) is 0 Å². The van der Waals surface area contributed by atoms with Gasteiger partial charge in [-0.1, -0.05) is 12.8 Å². The molecule has 2 heterocycles. The molecule has 0 bridgehead atoms. The lowest BCUT2D eigenvalue weighted by Gasteiger charge is -2.45. The fraction of sp³-hybridized carbons (Fsp3) is 1.00. The Labute approximate surface area is 112 Å². The molecular formula is C15H29N3. The summed E-state index contributed by atoms with van der Waals surface area (Å²) in [5.41, 5.74) is 5.91. The lowest BCUT2D eigenvalue weighted by Crippen LogP contribution is -2.55. The maximum Gasteiger partial charge on any atom is 0.0223 e. The lowest BCUT2D eigenvalue weighted by atomic mass is 9.94. The van der Waals surface area contributed by atoms with E-state index in [1.165, 1.54) is 71.2 Å². The molecule has 0 aromatic heterocycles. The Morgan fingerprint density at radius 1 is 0.889 bits per heavy atom. The van der Waals surface area contributed by atoms with Gasteiger partial charge in [-0.3, -0.25) is 4.90 Å². The quantitative estimate of drug-likeness (QED) is 0.826. The topological polar surface area (TPSA) is 32.5 Å². The van der Waals surface area contributed by atoms with Crippen LogP contribution in [0.5, 0.6) is 0 Å². The van der Waals surface area contributed by atoms with Gasteiger partial charge in [0.05, 0.1) is 0 Å². The van der Waals surface area contributed by atoms with E-state index in [1.54, 1.807) is 0 Å². The van der Waals surface area contributed by atoms with Crippen LogP contribution in [0.3, 0.4) is 0 Å². The molecule has 2 saturated heterocycles. The molecule has 3 rings (SSSR count). The molecule has 3 fully saturated rings. The minimum absolute atomic E-state index is 0.814. The predicted octanol–water partition coefficient (Wildman–Crippen LogP) is 1.53. The maximum absolute atomic E-state index is 5.91. The van der Waals surface area contributed by atoms with Crippen LogP contribution in [0.25, 0.3) is 0 Å². The minimum atomic E-state index is 0.814. The van der Waals surface area contributed by atoms with Crippen molar-refractivity contribution in [2.45, 2.75) is 44.6 Å². The number of rotatable bonds is 3. The molecule has 0 aromatic carbocycles. The van der Waals surface area contributed by atoms with Crippen molar-refractivity contribution in [2.24, 2.45) is 17.6 Å². The van der Waals surface area contributed by atoms with Crippen LogP contribution in [0.1, 0.15) is 38.5 Å². The molecule has 18 heavy (non-hydrogen) atoms. The zero-order valence-electron chi connectivity index (χ0n) is 11.7. The fourth-order valence-electron chi connectivity index (χ4n) is 4.38. The van der Waals surface area contributed by atoms with Crippen LogP contribution in [0, 0.1) is 11.8 Å². The van der Waals surface area contributed by atoms with Crippen LogP contribution in [0.15, 0.2) is 0 Å². The Bertz CT molecular complexity index is 268. The third-order valence-electron chi connectivity index (χ3n) is 5.53. The van der Waals surface area contributed by atoms with Crippen LogP contribution in [0.2, 0.25) is 0 Å². The summed E-state index contributed by atoms with van der Waals surface area (Å²) in [6.45, 7) is 7.52. The first-order valence-electron chi connectivity index (χ1n) is 8.03. The summed E-state index contributed by atoms with van der Waals surface area (Å²) in [5, 5.41) is 0. The predicted molar refractivity (Wildman–Crippen MR) is 75.5 cm³/mol. The van der Waals surface area contributed by atoms with Gasteiger partial charge in [0.1, 0.15) is 0 Å². The summed E-state index contributed by atoms with van der Waals surface area (Å²) in [4.78, 5) is 5.47. The van der Waals surface area contributed by atoms with E-state index in [2.05, 4.69) is 9.80 Å². The van der Waals surface area contributed by atoms with E-state index in [-0.39, 0.29) is 0 Å².